The number of Topliss-reactive ketones (excluding diaryl/α,β-unsaturated/α-hetero) is 1. The van der Waals surface area contributed by atoms with Crippen molar-refractivity contribution in [1.82, 2.24) is 0 Å². The molecule has 0 spiro atoms. The van der Waals surface area contributed by atoms with Crippen LogP contribution in [0.1, 0.15) is 89.2 Å². The van der Waals surface area contributed by atoms with E-state index >= 15 is 0 Å². The number of aromatic hydroxyl groups is 1. The first-order valence-electron chi connectivity index (χ1n) is 12.2. The molecule has 7 heteroatoms. The second-order valence-corrected chi connectivity index (χ2v) is 8.43. The molecule has 0 saturated heterocycles. The van der Waals surface area contributed by atoms with E-state index in [0.29, 0.717) is 30.8 Å². The number of ether oxygens (including phenoxy) is 2. The first-order chi connectivity index (χ1) is 15.8. The van der Waals surface area contributed by atoms with Crippen molar-refractivity contribution in [1.29, 1.82) is 0 Å². The maximum atomic E-state index is 12.0. The highest BCUT2D eigenvalue weighted by Crippen LogP contribution is 2.46. The number of esters is 1. The Morgan fingerprint density at radius 3 is 2.15 bits per heavy atom. The molecule has 1 atom stereocenters. The Kier molecular flexibility index (Phi) is 13.2. The number of nitrogens with zero attached hydrogens (tertiary/aromatic N) is 1. The molecule has 186 valence electrons. The number of carbonyl (C=O) groups is 2. The van der Waals surface area contributed by atoms with Gasteiger partial charge in [0.05, 0.1) is 19.4 Å². The van der Waals surface area contributed by atoms with Gasteiger partial charge in [0, 0.05) is 12.0 Å². The molecule has 33 heavy (non-hydrogen) atoms. The van der Waals surface area contributed by atoms with Gasteiger partial charge in [-0.15, -0.1) is 0 Å². The molecule has 0 aromatic heterocycles. The van der Waals surface area contributed by atoms with Crippen LogP contribution in [-0.2, 0) is 20.7 Å². The number of aliphatic imine (C=N–C) groups is 1. The molecule has 1 aromatic rings. The molecule has 0 aliphatic heterocycles. The van der Waals surface area contributed by atoms with Crippen LogP contribution in [0.4, 0.5) is 11.4 Å². The predicted molar refractivity (Wildman–Crippen MR) is 134 cm³/mol. The molecule has 0 aliphatic rings. The van der Waals surface area contributed by atoms with Gasteiger partial charge in [0.25, 0.3) is 0 Å². The molecule has 0 heterocycles. The molecule has 1 aromatic carbocycles. The van der Waals surface area contributed by atoms with Gasteiger partial charge in [-0.1, -0.05) is 52.4 Å². The lowest BCUT2D eigenvalue weighted by atomic mass is 9.97. The molecule has 7 nitrogen and oxygen atoms in total. The Morgan fingerprint density at radius 2 is 1.64 bits per heavy atom. The van der Waals surface area contributed by atoms with Gasteiger partial charge in [-0.05, 0) is 44.9 Å². The van der Waals surface area contributed by atoms with Crippen LogP contribution in [0.5, 0.6) is 11.5 Å². The molecule has 0 bridgehead atoms. The zero-order valence-corrected chi connectivity index (χ0v) is 20.9. The molecule has 0 fully saturated rings. The number of methoxy groups -OCH3 is 1. The topological polar surface area (TPSA) is 111 Å². The lowest BCUT2D eigenvalue weighted by Gasteiger charge is -2.17. The number of carbonyl (C=O) groups excluding carboxylic acids is 2. The highest BCUT2D eigenvalue weighted by molar-refractivity contribution is 5.98. The normalized spacial score (nSPS) is 11.8. The van der Waals surface area contributed by atoms with E-state index in [1.54, 1.807) is 6.92 Å². The number of rotatable bonds is 17. The van der Waals surface area contributed by atoms with E-state index in [9.17, 15) is 14.7 Å². The van der Waals surface area contributed by atoms with Crippen LogP contribution in [0.15, 0.2) is 4.99 Å². The summed E-state index contributed by atoms with van der Waals surface area (Å²) in [6.45, 7) is 9.39. The van der Waals surface area contributed by atoms with Gasteiger partial charge in [0.15, 0.2) is 11.5 Å². The zero-order valence-electron chi connectivity index (χ0n) is 20.9. The molecule has 0 aliphatic carbocycles. The van der Waals surface area contributed by atoms with Crippen LogP contribution in [0.25, 0.3) is 0 Å². The maximum absolute atomic E-state index is 12.0. The first-order valence-corrected chi connectivity index (χ1v) is 12.2. The summed E-state index contributed by atoms with van der Waals surface area (Å²) >= 11 is 0. The van der Waals surface area contributed by atoms with Crippen molar-refractivity contribution in [2.24, 2.45) is 10.9 Å². The predicted octanol–water partition coefficient (Wildman–Crippen LogP) is 5.84. The minimum absolute atomic E-state index is 0.0399. The zero-order chi connectivity index (χ0) is 24.8. The van der Waals surface area contributed by atoms with Crippen LogP contribution in [0.2, 0.25) is 0 Å². The second kappa shape index (κ2) is 15.3. The third kappa shape index (κ3) is 8.37. The number of phenols is 1. The fourth-order valence-corrected chi connectivity index (χ4v) is 4.08. The third-order valence-corrected chi connectivity index (χ3v) is 6.18. The minimum atomic E-state index is -0.601. The van der Waals surface area contributed by atoms with Crippen molar-refractivity contribution in [3.63, 3.8) is 0 Å². The number of nitrogens with two attached hydrogens (primary N) is 1. The first kappa shape index (κ1) is 28.5. The fourth-order valence-electron chi connectivity index (χ4n) is 4.08. The van der Waals surface area contributed by atoms with Gasteiger partial charge in [0.1, 0.15) is 17.4 Å². The number of nitrogen functional groups attached to an aromatic ring is 1. The molecule has 3 N–H and O–H groups in total. The fraction of sp³-hybridized carbons (Fsp3) is 0.654. The second-order valence-electron chi connectivity index (χ2n) is 8.43. The monoisotopic (exact) mass is 462 g/mol. The Balaban J connectivity index is 2.22. The average Bonchev–Trinajstić information content (AvgIpc) is 2.81. The standard InChI is InChI=1S/C26H42N2O5/c1-6-19(21(29)7-2)26(31)33-17-15-13-11-9-8-10-12-14-16-20-18(3)24(30)25(32-5)23(28-4)22(20)27/h19,30H,4,6-17,27H2,1-3,5H3. The van der Waals surface area contributed by atoms with E-state index in [0.717, 1.165) is 68.9 Å². The van der Waals surface area contributed by atoms with Gasteiger partial charge in [-0.2, -0.15) is 0 Å². The number of hydrogen-bond donors (Lipinski definition) is 2. The Morgan fingerprint density at radius 1 is 1.06 bits per heavy atom. The maximum Gasteiger partial charge on any atom is 0.316 e. The van der Waals surface area contributed by atoms with E-state index < -0.39 is 5.92 Å². The summed E-state index contributed by atoms with van der Waals surface area (Å²) in [5.41, 5.74) is 8.84. The van der Waals surface area contributed by atoms with Crippen LogP contribution in [0.3, 0.4) is 0 Å². The number of unbranched alkanes of at least 4 members (excludes halogenated alkanes) is 7. The molecular weight excluding hydrogens is 420 g/mol. The molecular formula is C26H42N2O5. The number of phenolic OH excluding ortho intramolecular Hbond substituents is 1. The van der Waals surface area contributed by atoms with Crippen LogP contribution in [0, 0.1) is 12.8 Å². The van der Waals surface area contributed by atoms with Crippen molar-refractivity contribution in [2.45, 2.75) is 91.4 Å². The summed E-state index contributed by atoms with van der Waals surface area (Å²) in [4.78, 5) is 27.6. The Bertz CT molecular complexity index is 792. The van der Waals surface area contributed by atoms with Gasteiger partial charge in [-0.3, -0.25) is 14.6 Å². The lowest BCUT2D eigenvalue weighted by molar-refractivity contribution is -0.152. The summed E-state index contributed by atoms with van der Waals surface area (Å²) in [6.07, 6.45) is 10.1. The minimum Gasteiger partial charge on any atom is -0.504 e. The number of anilines is 1. The highest BCUT2D eigenvalue weighted by atomic mass is 16.5. The van der Waals surface area contributed by atoms with Crippen LogP contribution >= 0.6 is 0 Å². The number of benzene rings is 1. The quantitative estimate of drug-likeness (QED) is 0.0752. The van der Waals surface area contributed by atoms with Crippen LogP contribution in [-0.4, -0.2) is 37.3 Å². The van der Waals surface area contributed by atoms with Gasteiger partial charge in [0.2, 0.25) is 0 Å². The highest BCUT2D eigenvalue weighted by Gasteiger charge is 2.24. The van der Waals surface area contributed by atoms with E-state index in [1.807, 2.05) is 13.8 Å². The summed E-state index contributed by atoms with van der Waals surface area (Å²) in [5.74, 6) is -0.658. The molecule has 0 radical (unpaired) electrons. The van der Waals surface area contributed by atoms with Crippen LogP contribution < -0.4 is 10.5 Å². The lowest BCUT2D eigenvalue weighted by Crippen LogP contribution is -2.25. The van der Waals surface area contributed by atoms with Gasteiger partial charge in [-0.25, -0.2) is 0 Å². The summed E-state index contributed by atoms with van der Waals surface area (Å²) in [5, 5.41) is 10.4. The van der Waals surface area contributed by atoms with Crippen molar-refractivity contribution in [2.75, 3.05) is 19.5 Å². The summed E-state index contributed by atoms with van der Waals surface area (Å²) in [6, 6.07) is 0. The molecule has 0 amide bonds. The Labute approximate surface area is 198 Å². The smallest absolute Gasteiger partial charge is 0.316 e. The van der Waals surface area contributed by atoms with E-state index in [4.69, 9.17) is 15.2 Å². The number of ketones is 1. The third-order valence-electron chi connectivity index (χ3n) is 6.18. The molecule has 1 rings (SSSR count). The number of hydrogen-bond acceptors (Lipinski definition) is 7. The molecule has 0 saturated carbocycles. The summed E-state index contributed by atoms with van der Waals surface area (Å²) in [7, 11) is 1.48. The SMILES string of the molecule is C=Nc1c(N)c(CCCCCCCCCCOC(=O)C(CC)C(=O)CC)c(C)c(O)c1OC. The largest absolute Gasteiger partial charge is 0.504 e. The summed E-state index contributed by atoms with van der Waals surface area (Å²) < 4.78 is 10.5. The van der Waals surface area contributed by atoms with E-state index in [-0.39, 0.29) is 23.3 Å². The Hall–Kier alpha value is -2.57. The van der Waals surface area contributed by atoms with Crippen molar-refractivity contribution in [3.05, 3.63) is 11.1 Å². The van der Waals surface area contributed by atoms with Crippen molar-refractivity contribution < 1.29 is 24.2 Å². The van der Waals surface area contributed by atoms with Crippen molar-refractivity contribution in [3.8, 4) is 11.5 Å². The van der Waals surface area contributed by atoms with E-state index in [1.165, 1.54) is 7.11 Å². The van der Waals surface area contributed by atoms with Gasteiger partial charge >= 0.3 is 5.97 Å². The van der Waals surface area contributed by atoms with Crippen molar-refractivity contribution >= 4 is 29.8 Å². The van der Waals surface area contributed by atoms with Gasteiger partial charge < -0.3 is 20.3 Å². The molecule has 1 unspecified atom stereocenters. The van der Waals surface area contributed by atoms with E-state index in [2.05, 4.69) is 11.7 Å². The average molecular weight is 463 g/mol.